The van der Waals surface area contributed by atoms with Crippen molar-refractivity contribution in [2.75, 3.05) is 6.54 Å². The number of carbonyl (C=O) groups excluding carboxylic acids is 2. The molecule has 0 aliphatic rings. The topological polar surface area (TPSA) is 71.1 Å². The molecule has 1 heterocycles. The molecule has 1 rings (SSSR count). The Labute approximate surface area is 107 Å². The van der Waals surface area contributed by atoms with Crippen molar-refractivity contribution in [2.45, 2.75) is 32.7 Å². The molecule has 5 nitrogen and oxygen atoms in total. The van der Waals surface area contributed by atoms with Gasteiger partial charge in [-0.25, -0.2) is 0 Å². The van der Waals surface area contributed by atoms with Crippen molar-refractivity contribution in [3.63, 3.8) is 0 Å². The fraction of sp³-hybridized carbons (Fsp3) is 0.462. The summed E-state index contributed by atoms with van der Waals surface area (Å²) in [5, 5.41) is 5.15. The second-order valence-electron chi connectivity index (χ2n) is 4.00. The maximum Gasteiger partial charge on any atom is 0.309 e. The predicted octanol–water partition coefficient (Wildman–Crippen LogP) is 1.00. The number of amides is 2. The molecule has 18 heavy (non-hydrogen) atoms. The Morgan fingerprint density at radius 2 is 1.78 bits per heavy atom. The zero-order chi connectivity index (χ0) is 13.2. The zero-order valence-electron chi connectivity index (χ0n) is 10.6. The van der Waals surface area contributed by atoms with Crippen LogP contribution in [0, 0.1) is 0 Å². The summed E-state index contributed by atoms with van der Waals surface area (Å²) in [7, 11) is 0. The lowest BCUT2D eigenvalue weighted by Crippen LogP contribution is -2.39. The highest BCUT2D eigenvalue weighted by Crippen LogP contribution is 1.94. The summed E-state index contributed by atoms with van der Waals surface area (Å²) in [6, 6.07) is 3.58. The molecule has 1 aromatic rings. The average molecular weight is 249 g/mol. The number of carbonyl (C=O) groups is 2. The third-order valence-corrected chi connectivity index (χ3v) is 2.47. The van der Waals surface area contributed by atoms with Gasteiger partial charge in [0, 0.05) is 25.5 Å². The molecule has 5 heteroatoms. The molecule has 0 fully saturated rings. The number of rotatable bonds is 6. The van der Waals surface area contributed by atoms with Gasteiger partial charge in [-0.05, 0) is 24.1 Å². The first kappa shape index (κ1) is 14.2. The first-order valence-electron chi connectivity index (χ1n) is 6.19. The van der Waals surface area contributed by atoms with Gasteiger partial charge in [0.1, 0.15) is 0 Å². The van der Waals surface area contributed by atoms with Crippen molar-refractivity contribution in [1.82, 2.24) is 15.6 Å². The van der Waals surface area contributed by atoms with Gasteiger partial charge >= 0.3 is 11.8 Å². The van der Waals surface area contributed by atoms with Crippen LogP contribution in [0.5, 0.6) is 0 Å². The van der Waals surface area contributed by atoms with Gasteiger partial charge in [0.15, 0.2) is 0 Å². The van der Waals surface area contributed by atoms with Gasteiger partial charge in [0.2, 0.25) is 0 Å². The SMILES string of the molecule is CCCCCNC(=O)C(=O)NCc1ccncc1. The third-order valence-electron chi connectivity index (χ3n) is 2.47. The largest absolute Gasteiger partial charge is 0.348 e. The Morgan fingerprint density at radius 3 is 2.44 bits per heavy atom. The third kappa shape index (κ3) is 5.43. The molecule has 0 atom stereocenters. The van der Waals surface area contributed by atoms with E-state index in [1.165, 1.54) is 0 Å². The standard InChI is InChI=1S/C13H19N3O2/c1-2-3-4-7-15-12(17)13(18)16-10-11-5-8-14-9-6-11/h5-6,8-9H,2-4,7,10H2,1H3,(H,15,17)(H,16,18). The number of unbranched alkanes of at least 4 members (excludes halogenated alkanes) is 2. The van der Waals surface area contributed by atoms with Gasteiger partial charge in [-0.2, -0.15) is 0 Å². The van der Waals surface area contributed by atoms with Gasteiger partial charge in [-0.3, -0.25) is 14.6 Å². The molecule has 1 aromatic heterocycles. The van der Waals surface area contributed by atoms with Gasteiger partial charge in [-0.1, -0.05) is 19.8 Å². The van der Waals surface area contributed by atoms with E-state index >= 15 is 0 Å². The van der Waals surface area contributed by atoms with Crippen molar-refractivity contribution in [3.8, 4) is 0 Å². The lowest BCUT2D eigenvalue weighted by molar-refractivity contribution is -0.139. The number of pyridine rings is 1. The Balaban J connectivity index is 2.22. The molecule has 2 amide bonds. The fourth-order valence-electron chi connectivity index (χ4n) is 1.42. The number of nitrogens with one attached hydrogen (secondary N) is 2. The minimum atomic E-state index is -0.594. The summed E-state index contributed by atoms with van der Waals surface area (Å²) in [5.74, 6) is -1.16. The van der Waals surface area contributed by atoms with E-state index in [9.17, 15) is 9.59 Å². The van der Waals surface area contributed by atoms with Crippen LogP contribution in [0.4, 0.5) is 0 Å². The van der Waals surface area contributed by atoms with Crippen LogP contribution in [0.1, 0.15) is 31.7 Å². The maximum atomic E-state index is 11.4. The molecular formula is C13H19N3O2. The smallest absolute Gasteiger partial charge is 0.309 e. The van der Waals surface area contributed by atoms with E-state index in [1.807, 2.05) is 0 Å². The van der Waals surface area contributed by atoms with Crippen molar-refractivity contribution >= 4 is 11.8 Å². The van der Waals surface area contributed by atoms with E-state index in [1.54, 1.807) is 24.5 Å². The molecule has 0 spiro atoms. The Kier molecular flexibility index (Phi) is 6.46. The summed E-state index contributed by atoms with van der Waals surface area (Å²) in [5.41, 5.74) is 0.914. The summed E-state index contributed by atoms with van der Waals surface area (Å²) >= 11 is 0. The van der Waals surface area contributed by atoms with Crippen LogP contribution in [-0.4, -0.2) is 23.3 Å². The molecule has 0 saturated heterocycles. The van der Waals surface area contributed by atoms with Crippen LogP contribution >= 0.6 is 0 Å². The molecule has 0 radical (unpaired) electrons. The molecule has 0 aliphatic carbocycles. The normalized spacial score (nSPS) is 9.83. The Bertz CT molecular complexity index is 379. The van der Waals surface area contributed by atoms with Crippen molar-refractivity contribution in [3.05, 3.63) is 30.1 Å². The van der Waals surface area contributed by atoms with Crippen molar-refractivity contribution in [1.29, 1.82) is 0 Å². The van der Waals surface area contributed by atoms with Crippen LogP contribution < -0.4 is 10.6 Å². The first-order chi connectivity index (χ1) is 8.74. The van der Waals surface area contributed by atoms with Crippen LogP contribution in [0.25, 0.3) is 0 Å². The summed E-state index contributed by atoms with van der Waals surface area (Å²) in [6.45, 7) is 2.97. The maximum absolute atomic E-state index is 11.4. The molecule has 0 aliphatic heterocycles. The molecule has 0 aromatic carbocycles. The highest BCUT2D eigenvalue weighted by molar-refractivity contribution is 6.35. The quantitative estimate of drug-likeness (QED) is 0.583. The highest BCUT2D eigenvalue weighted by atomic mass is 16.2. The van der Waals surface area contributed by atoms with Gasteiger partial charge in [-0.15, -0.1) is 0 Å². The number of hydrogen-bond donors (Lipinski definition) is 2. The van der Waals surface area contributed by atoms with Gasteiger partial charge in [0.25, 0.3) is 0 Å². The Morgan fingerprint density at radius 1 is 1.11 bits per heavy atom. The van der Waals surface area contributed by atoms with E-state index in [0.717, 1.165) is 24.8 Å². The monoisotopic (exact) mass is 249 g/mol. The van der Waals surface area contributed by atoms with Crippen LogP contribution in [0.3, 0.4) is 0 Å². The first-order valence-corrected chi connectivity index (χ1v) is 6.19. The van der Waals surface area contributed by atoms with Gasteiger partial charge in [0.05, 0.1) is 0 Å². The van der Waals surface area contributed by atoms with E-state index < -0.39 is 11.8 Å². The van der Waals surface area contributed by atoms with E-state index in [-0.39, 0.29) is 0 Å². The van der Waals surface area contributed by atoms with E-state index in [4.69, 9.17) is 0 Å². The molecule has 0 saturated carbocycles. The summed E-state index contributed by atoms with van der Waals surface area (Å²) in [4.78, 5) is 26.7. The zero-order valence-corrected chi connectivity index (χ0v) is 10.6. The van der Waals surface area contributed by atoms with E-state index in [2.05, 4.69) is 22.5 Å². The molecule has 98 valence electrons. The second-order valence-corrected chi connectivity index (χ2v) is 4.00. The van der Waals surface area contributed by atoms with Crippen LogP contribution in [0.15, 0.2) is 24.5 Å². The minimum Gasteiger partial charge on any atom is -0.348 e. The highest BCUT2D eigenvalue weighted by Gasteiger charge is 2.11. The predicted molar refractivity (Wildman–Crippen MR) is 68.6 cm³/mol. The fourth-order valence-corrected chi connectivity index (χ4v) is 1.42. The summed E-state index contributed by atoms with van der Waals surface area (Å²) in [6.07, 6.45) is 6.33. The summed E-state index contributed by atoms with van der Waals surface area (Å²) < 4.78 is 0. The van der Waals surface area contributed by atoms with Crippen LogP contribution in [0.2, 0.25) is 0 Å². The van der Waals surface area contributed by atoms with Crippen molar-refractivity contribution in [2.24, 2.45) is 0 Å². The molecule has 2 N–H and O–H groups in total. The second kappa shape index (κ2) is 8.22. The van der Waals surface area contributed by atoms with Crippen LogP contribution in [-0.2, 0) is 16.1 Å². The number of aromatic nitrogens is 1. The lowest BCUT2D eigenvalue weighted by Gasteiger charge is -2.06. The molecular weight excluding hydrogens is 230 g/mol. The number of nitrogens with zero attached hydrogens (tertiary/aromatic N) is 1. The van der Waals surface area contributed by atoms with Crippen molar-refractivity contribution < 1.29 is 9.59 Å². The molecule has 0 bridgehead atoms. The Hall–Kier alpha value is -1.91. The lowest BCUT2D eigenvalue weighted by atomic mass is 10.2. The molecule has 0 unspecified atom stereocenters. The minimum absolute atomic E-state index is 0.337. The van der Waals surface area contributed by atoms with Gasteiger partial charge < -0.3 is 10.6 Å². The average Bonchev–Trinajstić information content (AvgIpc) is 2.42. The van der Waals surface area contributed by atoms with E-state index in [0.29, 0.717) is 13.1 Å². The number of hydrogen-bond acceptors (Lipinski definition) is 3.